The number of hydrogen-bond donors (Lipinski definition) is 1. The Morgan fingerprint density at radius 3 is 3.25 bits per heavy atom. The van der Waals surface area contributed by atoms with Crippen LogP contribution in [-0.4, -0.2) is 27.7 Å². The molecule has 4 heteroatoms. The Hall–Kier alpha value is -1.42. The Bertz CT molecular complexity index is 497. The van der Waals surface area contributed by atoms with Gasteiger partial charge in [-0.05, 0) is 38.4 Å². The van der Waals surface area contributed by atoms with Crippen molar-refractivity contribution in [1.82, 2.24) is 19.9 Å². The first-order chi connectivity index (χ1) is 7.86. The molecule has 0 aromatic carbocycles. The number of aromatic nitrogens is 3. The van der Waals surface area contributed by atoms with E-state index in [4.69, 9.17) is 0 Å². The van der Waals surface area contributed by atoms with Crippen LogP contribution in [0.25, 0.3) is 5.52 Å². The molecule has 1 unspecified atom stereocenters. The molecule has 1 saturated heterocycles. The van der Waals surface area contributed by atoms with Crippen LogP contribution in [0.2, 0.25) is 0 Å². The molecule has 84 valence electrons. The van der Waals surface area contributed by atoms with Crippen molar-refractivity contribution in [1.29, 1.82) is 0 Å². The molecule has 0 radical (unpaired) electrons. The summed E-state index contributed by atoms with van der Waals surface area (Å²) >= 11 is 0. The van der Waals surface area contributed by atoms with Crippen LogP contribution in [0, 0.1) is 6.92 Å². The molecule has 2 aromatic rings. The molecule has 3 heterocycles. The molecule has 1 fully saturated rings. The summed E-state index contributed by atoms with van der Waals surface area (Å²) in [6, 6.07) is 4.09. The van der Waals surface area contributed by atoms with Gasteiger partial charge in [0.2, 0.25) is 0 Å². The number of rotatable bonds is 1. The molecule has 4 nitrogen and oxygen atoms in total. The van der Waals surface area contributed by atoms with Crippen LogP contribution in [0.15, 0.2) is 18.3 Å². The van der Waals surface area contributed by atoms with Crippen LogP contribution >= 0.6 is 0 Å². The second kappa shape index (κ2) is 3.87. The van der Waals surface area contributed by atoms with Crippen LogP contribution < -0.4 is 5.32 Å². The molecule has 0 aliphatic carbocycles. The third-order valence-corrected chi connectivity index (χ3v) is 3.29. The van der Waals surface area contributed by atoms with Gasteiger partial charge in [-0.15, -0.1) is 0 Å². The third kappa shape index (κ3) is 1.50. The Morgan fingerprint density at radius 2 is 2.44 bits per heavy atom. The fraction of sp³-hybridized carbons (Fsp3) is 0.500. The standard InChI is InChI=1S/C12H16N4/c1-9-15-12(10-4-2-6-13-8-10)11-5-3-7-14-16(9)11/h3,5,7,10,13H,2,4,6,8H2,1H3. The minimum atomic E-state index is 0.543. The lowest BCUT2D eigenvalue weighted by atomic mass is 9.95. The van der Waals surface area contributed by atoms with Crippen LogP contribution in [0.1, 0.15) is 30.3 Å². The van der Waals surface area contributed by atoms with Crippen LogP contribution in [0.3, 0.4) is 0 Å². The van der Waals surface area contributed by atoms with Crippen LogP contribution in [-0.2, 0) is 0 Å². The fourth-order valence-corrected chi connectivity index (χ4v) is 2.49. The first-order valence-corrected chi connectivity index (χ1v) is 5.87. The second-order valence-corrected chi connectivity index (χ2v) is 4.41. The summed E-state index contributed by atoms with van der Waals surface area (Å²) in [4.78, 5) is 4.67. The van der Waals surface area contributed by atoms with E-state index in [-0.39, 0.29) is 0 Å². The molecule has 0 bridgehead atoms. The first-order valence-electron chi connectivity index (χ1n) is 5.87. The van der Waals surface area contributed by atoms with Gasteiger partial charge < -0.3 is 5.32 Å². The van der Waals surface area contributed by atoms with Gasteiger partial charge in [0.1, 0.15) is 5.82 Å². The summed E-state index contributed by atoms with van der Waals surface area (Å²) in [5.74, 6) is 1.53. The molecular formula is C12H16N4. The smallest absolute Gasteiger partial charge is 0.127 e. The van der Waals surface area contributed by atoms with Gasteiger partial charge in [0.05, 0.1) is 11.2 Å². The molecular weight excluding hydrogens is 200 g/mol. The van der Waals surface area contributed by atoms with E-state index in [1.165, 1.54) is 18.5 Å². The van der Waals surface area contributed by atoms with Crippen molar-refractivity contribution in [2.45, 2.75) is 25.7 Å². The quantitative estimate of drug-likeness (QED) is 0.785. The van der Waals surface area contributed by atoms with Gasteiger partial charge in [0.25, 0.3) is 0 Å². The van der Waals surface area contributed by atoms with Gasteiger partial charge in [-0.25, -0.2) is 9.50 Å². The van der Waals surface area contributed by atoms with Crippen LogP contribution in [0.4, 0.5) is 0 Å². The number of hydrogen-bond acceptors (Lipinski definition) is 3. The van der Waals surface area contributed by atoms with E-state index in [2.05, 4.69) is 21.5 Å². The molecule has 0 saturated carbocycles. The minimum Gasteiger partial charge on any atom is -0.316 e. The number of nitrogens with zero attached hydrogens (tertiary/aromatic N) is 3. The summed E-state index contributed by atoms with van der Waals surface area (Å²) in [6.45, 7) is 4.19. The van der Waals surface area contributed by atoms with Crippen molar-refractivity contribution in [3.8, 4) is 0 Å². The highest BCUT2D eigenvalue weighted by Gasteiger charge is 2.20. The van der Waals surface area contributed by atoms with E-state index in [0.717, 1.165) is 24.4 Å². The number of imidazole rings is 1. The summed E-state index contributed by atoms with van der Waals surface area (Å²) in [6.07, 6.45) is 4.28. The maximum atomic E-state index is 4.67. The largest absolute Gasteiger partial charge is 0.316 e. The van der Waals surface area contributed by atoms with Gasteiger partial charge in [0.15, 0.2) is 0 Å². The number of aryl methyl sites for hydroxylation is 1. The SMILES string of the molecule is Cc1nc(C2CCCNC2)c2cccnn12. The third-order valence-electron chi connectivity index (χ3n) is 3.29. The molecule has 2 aromatic heterocycles. The van der Waals surface area contributed by atoms with Crippen molar-refractivity contribution in [3.63, 3.8) is 0 Å². The first kappa shape index (κ1) is 9.78. The van der Waals surface area contributed by atoms with Gasteiger partial charge in [0, 0.05) is 18.7 Å². The molecule has 1 N–H and O–H groups in total. The summed E-state index contributed by atoms with van der Waals surface area (Å²) in [7, 11) is 0. The Kier molecular flexibility index (Phi) is 2.36. The topological polar surface area (TPSA) is 42.2 Å². The molecule has 0 spiro atoms. The summed E-state index contributed by atoms with van der Waals surface area (Å²) < 4.78 is 1.93. The van der Waals surface area contributed by atoms with Crippen molar-refractivity contribution >= 4 is 5.52 Å². The Morgan fingerprint density at radius 1 is 1.50 bits per heavy atom. The number of piperidine rings is 1. The fourth-order valence-electron chi connectivity index (χ4n) is 2.49. The van der Waals surface area contributed by atoms with Gasteiger partial charge in [-0.1, -0.05) is 0 Å². The average Bonchev–Trinajstić information content (AvgIpc) is 2.69. The zero-order valence-corrected chi connectivity index (χ0v) is 9.48. The van der Waals surface area contributed by atoms with Crippen molar-refractivity contribution in [2.24, 2.45) is 0 Å². The summed E-state index contributed by atoms with van der Waals surface area (Å²) in [5, 5.41) is 7.77. The van der Waals surface area contributed by atoms with Gasteiger partial charge >= 0.3 is 0 Å². The maximum absolute atomic E-state index is 4.67. The van der Waals surface area contributed by atoms with Crippen molar-refractivity contribution in [2.75, 3.05) is 13.1 Å². The molecule has 1 aliphatic heterocycles. The van der Waals surface area contributed by atoms with Gasteiger partial charge in [-0.3, -0.25) is 0 Å². The lowest BCUT2D eigenvalue weighted by Crippen LogP contribution is -2.28. The number of fused-ring (bicyclic) bond motifs is 1. The predicted octanol–water partition coefficient (Wildman–Crippen LogP) is 1.50. The zero-order chi connectivity index (χ0) is 11.0. The molecule has 1 aliphatic rings. The summed E-state index contributed by atoms with van der Waals surface area (Å²) in [5.41, 5.74) is 2.37. The van der Waals surface area contributed by atoms with E-state index in [1.54, 1.807) is 0 Å². The van der Waals surface area contributed by atoms with Gasteiger partial charge in [-0.2, -0.15) is 5.10 Å². The lowest BCUT2D eigenvalue weighted by Gasteiger charge is -2.21. The highest BCUT2D eigenvalue weighted by Crippen LogP contribution is 2.26. The minimum absolute atomic E-state index is 0.543. The Balaban J connectivity index is 2.08. The molecule has 0 amide bonds. The van der Waals surface area contributed by atoms with E-state index >= 15 is 0 Å². The lowest BCUT2D eigenvalue weighted by molar-refractivity contribution is 0.457. The van der Waals surface area contributed by atoms with Crippen molar-refractivity contribution < 1.29 is 0 Å². The molecule has 16 heavy (non-hydrogen) atoms. The molecule has 1 atom stereocenters. The average molecular weight is 216 g/mol. The van der Waals surface area contributed by atoms with Crippen LogP contribution in [0.5, 0.6) is 0 Å². The highest BCUT2D eigenvalue weighted by molar-refractivity contribution is 5.53. The highest BCUT2D eigenvalue weighted by atomic mass is 15.3. The monoisotopic (exact) mass is 216 g/mol. The normalized spacial score (nSPS) is 21.4. The van der Waals surface area contributed by atoms with E-state index in [0.29, 0.717) is 5.92 Å². The predicted molar refractivity (Wildman–Crippen MR) is 62.6 cm³/mol. The van der Waals surface area contributed by atoms with E-state index in [1.807, 2.05) is 23.7 Å². The zero-order valence-electron chi connectivity index (χ0n) is 9.48. The molecule has 3 rings (SSSR count). The maximum Gasteiger partial charge on any atom is 0.127 e. The van der Waals surface area contributed by atoms with E-state index < -0.39 is 0 Å². The Labute approximate surface area is 94.7 Å². The number of nitrogens with one attached hydrogen (secondary N) is 1. The second-order valence-electron chi connectivity index (χ2n) is 4.41. The van der Waals surface area contributed by atoms with Crippen molar-refractivity contribution in [3.05, 3.63) is 29.8 Å². The van der Waals surface area contributed by atoms with E-state index in [9.17, 15) is 0 Å².